The van der Waals surface area contributed by atoms with Crippen molar-refractivity contribution in [3.63, 3.8) is 0 Å². The van der Waals surface area contributed by atoms with Crippen molar-refractivity contribution in [1.29, 1.82) is 0 Å². The van der Waals surface area contributed by atoms with Gasteiger partial charge >= 0.3 is 0 Å². The summed E-state index contributed by atoms with van der Waals surface area (Å²) in [5, 5.41) is 0.555. The molecule has 2 heterocycles. The van der Waals surface area contributed by atoms with Crippen LogP contribution in [0.5, 0.6) is 5.75 Å². The van der Waals surface area contributed by atoms with Crippen molar-refractivity contribution in [1.82, 2.24) is 14.7 Å². The van der Waals surface area contributed by atoms with Gasteiger partial charge in [0.25, 0.3) is 0 Å². The lowest BCUT2D eigenvalue weighted by Gasteiger charge is -2.45. The molecule has 0 radical (unpaired) electrons. The van der Waals surface area contributed by atoms with Crippen LogP contribution < -0.4 is 4.74 Å². The largest absolute Gasteiger partial charge is 0.490 e. The summed E-state index contributed by atoms with van der Waals surface area (Å²) in [7, 11) is 2.05. The number of carbonyl (C=O) groups excluding carboxylic acids is 2. The Morgan fingerprint density at radius 3 is 2.41 bits per heavy atom. The van der Waals surface area contributed by atoms with E-state index in [9.17, 15) is 14.0 Å². The molecular formula is C30H37ClFN3O4. The predicted molar refractivity (Wildman–Crippen MR) is 147 cm³/mol. The van der Waals surface area contributed by atoms with E-state index in [-0.39, 0.29) is 37.2 Å². The van der Waals surface area contributed by atoms with Crippen molar-refractivity contribution < 1.29 is 23.5 Å². The standard InChI is InChI=1S/C30H37ClFN3O4/c1-33-13-15-34(16-14-33)27(36)20-29(22-38-26-6-4-5-24(31)19-26)21-35(17-18-39-29)28(37)30(11-2-3-12-30)23-7-9-25(32)10-8-23/h4-10,19H,2-3,11-18,20-22H2,1H3. The first-order valence-electron chi connectivity index (χ1n) is 13.8. The monoisotopic (exact) mass is 557 g/mol. The second kappa shape index (κ2) is 11.8. The number of benzene rings is 2. The highest BCUT2D eigenvalue weighted by atomic mass is 35.5. The first-order valence-corrected chi connectivity index (χ1v) is 14.2. The highest BCUT2D eigenvalue weighted by molar-refractivity contribution is 6.30. The van der Waals surface area contributed by atoms with Crippen LogP contribution >= 0.6 is 11.6 Å². The van der Waals surface area contributed by atoms with Gasteiger partial charge in [-0.3, -0.25) is 9.59 Å². The van der Waals surface area contributed by atoms with Gasteiger partial charge in [0, 0.05) is 37.7 Å². The molecule has 5 rings (SSSR count). The zero-order valence-corrected chi connectivity index (χ0v) is 23.3. The van der Waals surface area contributed by atoms with Gasteiger partial charge in [-0.2, -0.15) is 0 Å². The van der Waals surface area contributed by atoms with Crippen LogP contribution in [-0.2, 0) is 19.7 Å². The third kappa shape index (κ3) is 6.23. The van der Waals surface area contributed by atoms with Gasteiger partial charge in [-0.25, -0.2) is 4.39 Å². The molecule has 2 saturated heterocycles. The summed E-state index contributed by atoms with van der Waals surface area (Å²) in [5.41, 5.74) is -0.835. The van der Waals surface area contributed by atoms with Crippen molar-refractivity contribution >= 4 is 23.4 Å². The molecule has 2 aromatic carbocycles. The van der Waals surface area contributed by atoms with Crippen molar-refractivity contribution in [2.75, 3.05) is 59.5 Å². The minimum Gasteiger partial charge on any atom is -0.490 e. The molecule has 210 valence electrons. The molecule has 0 N–H and O–H groups in total. The number of nitrogens with zero attached hydrogens (tertiary/aromatic N) is 3. The van der Waals surface area contributed by atoms with Crippen molar-refractivity contribution in [3.05, 3.63) is 64.9 Å². The fourth-order valence-corrected chi connectivity index (χ4v) is 6.33. The van der Waals surface area contributed by atoms with Gasteiger partial charge in [-0.05, 0) is 55.8 Å². The molecule has 39 heavy (non-hydrogen) atoms. The maximum Gasteiger partial charge on any atom is 0.233 e. The second-order valence-electron chi connectivity index (χ2n) is 11.2. The minimum atomic E-state index is -1.00. The van der Waals surface area contributed by atoms with Crippen LogP contribution in [0.2, 0.25) is 5.02 Å². The van der Waals surface area contributed by atoms with Gasteiger partial charge in [-0.1, -0.05) is 42.6 Å². The summed E-state index contributed by atoms with van der Waals surface area (Å²) in [6.07, 6.45) is 3.45. The van der Waals surface area contributed by atoms with Crippen molar-refractivity contribution in [2.45, 2.75) is 43.1 Å². The van der Waals surface area contributed by atoms with E-state index in [1.54, 1.807) is 24.3 Å². The summed E-state index contributed by atoms with van der Waals surface area (Å²) < 4.78 is 26.2. The number of piperazine rings is 1. The molecule has 2 amide bonds. The van der Waals surface area contributed by atoms with Crippen LogP contribution in [0, 0.1) is 5.82 Å². The maximum atomic E-state index is 14.3. The van der Waals surface area contributed by atoms with E-state index >= 15 is 0 Å². The van der Waals surface area contributed by atoms with Gasteiger partial charge < -0.3 is 24.2 Å². The molecule has 3 fully saturated rings. The van der Waals surface area contributed by atoms with Crippen LogP contribution in [0.25, 0.3) is 0 Å². The summed E-state index contributed by atoms with van der Waals surface area (Å²) in [6.45, 7) is 4.07. The summed E-state index contributed by atoms with van der Waals surface area (Å²) in [6, 6.07) is 13.5. The van der Waals surface area contributed by atoms with E-state index in [2.05, 4.69) is 11.9 Å². The van der Waals surface area contributed by atoms with E-state index in [0.29, 0.717) is 37.0 Å². The van der Waals surface area contributed by atoms with Crippen LogP contribution in [0.4, 0.5) is 4.39 Å². The van der Waals surface area contributed by atoms with E-state index in [1.807, 2.05) is 21.9 Å². The number of likely N-dealkylation sites (N-methyl/N-ethyl adjacent to an activating group) is 1. The third-order valence-electron chi connectivity index (χ3n) is 8.43. The molecule has 1 aliphatic carbocycles. The van der Waals surface area contributed by atoms with E-state index in [4.69, 9.17) is 21.1 Å². The van der Waals surface area contributed by atoms with Crippen LogP contribution in [0.3, 0.4) is 0 Å². The lowest BCUT2D eigenvalue weighted by atomic mass is 9.77. The van der Waals surface area contributed by atoms with Gasteiger partial charge in [-0.15, -0.1) is 0 Å². The van der Waals surface area contributed by atoms with Crippen molar-refractivity contribution in [3.8, 4) is 5.75 Å². The zero-order valence-electron chi connectivity index (χ0n) is 22.5. The fraction of sp³-hybridized carbons (Fsp3) is 0.533. The Kier molecular flexibility index (Phi) is 8.45. The Morgan fingerprint density at radius 2 is 1.72 bits per heavy atom. The molecule has 1 atom stereocenters. The van der Waals surface area contributed by atoms with Crippen LogP contribution in [0.1, 0.15) is 37.7 Å². The number of hydrogen-bond donors (Lipinski definition) is 0. The molecule has 9 heteroatoms. The smallest absolute Gasteiger partial charge is 0.233 e. The van der Waals surface area contributed by atoms with E-state index in [0.717, 1.165) is 44.3 Å². The lowest BCUT2D eigenvalue weighted by Crippen LogP contribution is -2.61. The second-order valence-corrected chi connectivity index (χ2v) is 11.6. The first kappa shape index (κ1) is 27.9. The molecule has 0 spiro atoms. The molecule has 2 aliphatic heterocycles. The lowest BCUT2D eigenvalue weighted by molar-refractivity contribution is -0.169. The third-order valence-corrected chi connectivity index (χ3v) is 8.66. The maximum absolute atomic E-state index is 14.3. The Morgan fingerprint density at radius 1 is 1.00 bits per heavy atom. The minimum absolute atomic E-state index is 0.00112. The number of rotatable bonds is 7. The van der Waals surface area contributed by atoms with E-state index in [1.165, 1.54) is 12.1 Å². The normalized spacial score (nSPS) is 23.6. The SMILES string of the molecule is CN1CCN(C(=O)CC2(COc3cccc(Cl)c3)CN(C(=O)C3(c4ccc(F)cc4)CCCC3)CCO2)CC1. The number of ether oxygens (including phenoxy) is 2. The Labute approximate surface area is 234 Å². The molecular weight excluding hydrogens is 521 g/mol. The number of halogens is 2. The fourth-order valence-electron chi connectivity index (χ4n) is 6.15. The van der Waals surface area contributed by atoms with Crippen molar-refractivity contribution in [2.24, 2.45) is 0 Å². The van der Waals surface area contributed by atoms with Gasteiger partial charge in [0.2, 0.25) is 11.8 Å². The molecule has 0 aromatic heterocycles. The van der Waals surface area contributed by atoms with Crippen LogP contribution in [-0.4, -0.2) is 91.6 Å². The Hall–Kier alpha value is -2.68. The highest BCUT2D eigenvalue weighted by Crippen LogP contribution is 2.43. The molecule has 1 unspecified atom stereocenters. The highest BCUT2D eigenvalue weighted by Gasteiger charge is 2.49. The average Bonchev–Trinajstić information content (AvgIpc) is 3.44. The Balaban J connectivity index is 1.39. The number of morpholine rings is 1. The number of amides is 2. The molecule has 3 aliphatic rings. The zero-order chi connectivity index (χ0) is 27.5. The number of hydrogen-bond acceptors (Lipinski definition) is 5. The van der Waals surface area contributed by atoms with Crippen LogP contribution in [0.15, 0.2) is 48.5 Å². The van der Waals surface area contributed by atoms with Gasteiger partial charge in [0.1, 0.15) is 23.8 Å². The topological polar surface area (TPSA) is 62.3 Å². The molecule has 0 bridgehead atoms. The summed E-state index contributed by atoms with van der Waals surface area (Å²) in [5.74, 6) is 0.292. The summed E-state index contributed by atoms with van der Waals surface area (Å²) in [4.78, 5) is 33.7. The van der Waals surface area contributed by atoms with E-state index < -0.39 is 11.0 Å². The Bertz CT molecular complexity index is 1170. The molecule has 7 nitrogen and oxygen atoms in total. The predicted octanol–water partition coefficient (Wildman–Crippen LogP) is 4.13. The quantitative estimate of drug-likeness (QED) is 0.512. The first-order chi connectivity index (χ1) is 18.8. The number of carbonyl (C=O) groups is 2. The van der Waals surface area contributed by atoms with Gasteiger partial charge in [0.05, 0.1) is 25.0 Å². The average molecular weight is 558 g/mol. The molecule has 1 saturated carbocycles. The summed E-state index contributed by atoms with van der Waals surface area (Å²) >= 11 is 6.17. The molecule has 2 aromatic rings. The van der Waals surface area contributed by atoms with Gasteiger partial charge in [0.15, 0.2) is 0 Å².